The summed E-state index contributed by atoms with van der Waals surface area (Å²) in [4.78, 5) is 22.9. The zero-order chi connectivity index (χ0) is 12.1. The topological polar surface area (TPSA) is 84.2 Å². The van der Waals surface area contributed by atoms with E-state index in [1.54, 1.807) is 31.2 Å². The zero-order valence-electron chi connectivity index (χ0n) is 9.28. The van der Waals surface area contributed by atoms with Gasteiger partial charge >= 0.3 is 0 Å². The Bertz CT molecular complexity index is 402. The predicted molar refractivity (Wildman–Crippen MR) is 62.1 cm³/mol. The second kappa shape index (κ2) is 5.27. The normalized spacial score (nSPS) is 11.7. The number of carbonyl (C=O) groups is 2. The Balaban J connectivity index is 2.95. The Morgan fingerprint density at radius 2 is 1.94 bits per heavy atom. The number of hydrogen-bond donors (Lipinski definition) is 3. The van der Waals surface area contributed by atoms with Gasteiger partial charge in [-0.3, -0.25) is 9.59 Å². The third-order valence-corrected chi connectivity index (χ3v) is 2.07. The third-order valence-electron chi connectivity index (χ3n) is 2.07. The van der Waals surface area contributed by atoms with Gasteiger partial charge in [0.2, 0.25) is 5.91 Å². The summed E-state index contributed by atoms with van der Waals surface area (Å²) < 4.78 is 0. The molecule has 0 unspecified atom stereocenters. The summed E-state index contributed by atoms with van der Waals surface area (Å²) >= 11 is 0. The SMILES string of the molecule is CNC(=O)c1ccccc1NC(=O)[C@@H](C)N. The summed E-state index contributed by atoms with van der Waals surface area (Å²) in [6.45, 7) is 1.58. The molecule has 5 nitrogen and oxygen atoms in total. The summed E-state index contributed by atoms with van der Waals surface area (Å²) in [5.74, 6) is -0.572. The van der Waals surface area contributed by atoms with Crippen molar-refractivity contribution in [3.8, 4) is 0 Å². The Hall–Kier alpha value is -1.88. The van der Waals surface area contributed by atoms with Gasteiger partial charge < -0.3 is 16.4 Å². The van der Waals surface area contributed by atoms with Gasteiger partial charge in [0.15, 0.2) is 0 Å². The molecule has 0 radical (unpaired) electrons. The van der Waals surface area contributed by atoms with E-state index in [-0.39, 0.29) is 11.8 Å². The van der Waals surface area contributed by atoms with Crippen molar-refractivity contribution in [2.24, 2.45) is 5.73 Å². The Kier molecular flexibility index (Phi) is 4.02. The molecule has 2 amide bonds. The minimum Gasteiger partial charge on any atom is -0.355 e. The van der Waals surface area contributed by atoms with Crippen LogP contribution in [-0.2, 0) is 4.79 Å². The molecule has 0 fully saturated rings. The first kappa shape index (κ1) is 12.2. The molecule has 1 aromatic rings. The summed E-state index contributed by atoms with van der Waals surface area (Å²) in [6.07, 6.45) is 0. The summed E-state index contributed by atoms with van der Waals surface area (Å²) in [5.41, 5.74) is 6.31. The lowest BCUT2D eigenvalue weighted by molar-refractivity contribution is -0.117. The van der Waals surface area contributed by atoms with Gasteiger partial charge in [0.05, 0.1) is 17.3 Å². The maximum atomic E-state index is 11.5. The molecular formula is C11H15N3O2. The average Bonchev–Trinajstić information content (AvgIpc) is 2.28. The van der Waals surface area contributed by atoms with Gasteiger partial charge in [-0.25, -0.2) is 0 Å². The molecule has 1 aromatic carbocycles. The van der Waals surface area contributed by atoms with Crippen LogP contribution in [0.1, 0.15) is 17.3 Å². The van der Waals surface area contributed by atoms with Crippen LogP contribution in [0.25, 0.3) is 0 Å². The minimum absolute atomic E-state index is 0.249. The number of nitrogens with two attached hydrogens (primary N) is 1. The van der Waals surface area contributed by atoms with E-state index in [0.717, 1.165) is 0 Å². The summed E-state index contributed by atoms with van der Waals surface area (Å²) in [6, 6.07) is 6.15. The smallest absolute Gasteiger partial charge is 0.253 e. The second-order valence-corrected chi connectivity index (χ2v) is 3.40. The van der Waals surface area contributed by atoms with Crippen LogP contribution in [0, 0.1) is 0 Å². The van der Waals surface area contributed by atoms with Crippen LogP contribution in [-0.4, -0.2) is 24.9 Å². The highest BCUT2D eigenvalue weighted by Crippen LogP contribution is 2.14. The van der Waals surface area contributed by atoms with E-state index >= 15 is 0 Å². The Morgan fingerprint density at radius 3 is 2.50 bits per heavy atom. The number of hydrogen-bond acceptors (Lipinski definition) is 3. The molecule has 0 aliphatic carbocycles. The van der Waals surface area contributed by atoms with Crippen molar-refractivity contribution in [1.29, 1.82) is 0 Å². The highest BCUT2D eigenvalue weighted by molar-refractivity contribution is 6.04. The molecule has 5 heteroatoms. The lowest BCUT2D eigenvalue weighted by Crippen LogP contribution is -2.33. The highest BCUT2D eigenvalue weighted by atomic mass is 16.2. The molecule has 0 saturated heterocycles. The number of amides is 2. The molecule has 0 aromatic heterocycles. The molecule has 16 heavy (non-hydrogen) atoms. The fraction of sp³-hybridized carbons (Fsp3) is 0.273. The van der Waals surface area contributed by atoms with Gasteiger partial charge in [0.1, 0.15) is 0 Å². The molecule has 0 aliphatic rings. The van der Waals surface area contributed by atoms with Crippen molar-refractivity contribution in [2.45, 2.75) is 13.0 Å². The van der Waals surface area contributed by atoms with E-state index < -0.39 is 6.04 Å². The molecule has 0 bridgehead atoms. The maximum absolute atomic E-state index is 11.5. The molecule has 86 valence electrons. The molecule has 1 atom stereocenters. The van der Waals surface area contributed by atoms with Crippen molar-refractivity contribution in [1.82, 2.24) is 5.32 Å². The molecule has 4 N–H and O–H groups in total. The van der Waals surface area contributed by atoms with Gasteiger partial charge in [-0.1, -0.05) is 12.1 Å². The number of anilines is 1. The number of carbonyl (C=O) groups excluding carboxylic acids is 2. The number of rotatable bonds is 3. The van der Waals surface area contributed by atoms with Crippen molar-refractivity contribution in [2.75, 3.05) is 12.4 Å². The number of benzene rings is 1. The third kappa shape index (κ3) is 2.80. The van der Waals surface area contributed by atoms with Crippen LogP contribution < -0.4 is 16.4 Å². The van der Waals surface area contributed by atoms with Crippen LogP contribution >= 0.6 is 0 Å². The van der Waals surface area contributed by atoms with Crippen LogP contribution in [0.15, 0.2) is 24.3 Å². The number of nitrogens with one attached hydrogen (secondary N) is 2. The largest absolute Gasteiger partial charge is 0.355 e. The first-order valence-electron chi connectivity index (χ1n) is 4.93. The zero-order valence-corrected chi connectivity index (χ0v) is 9.28. The fourth-order valence-electron chi connectivity index (χ4n) is 1.17. The van der Waals surface area contributed by atoms with Crippen molar-refractivity contribution < 1.29 is 9.59 Å². The van der Waals surface area contributed by atoms with Gasteiger partial charge in [0.25, 0.3) is 5.91 Å². The second-order valence-electron chi connectivity index (χ2n) is 3.40. The Labute approximate surface area is 94.0 Å². The van der Waals surface area contributed by atoms with Crippen LogP contribution in [0.4, 0.5) is 5.69 Å². The fourth-order valence-corrected chi connectivity index (χ4v) is 1.17. The molecule has 1 rings (SSSR count). The van der Waals surface area contributed by atoms with Gasteiger partial charge in [-0.15, -0.1) is 0 Å². The summed E-state index contributed by atoms with van der Waals surface area (Å²) in [5, 5.41) is 5.10. The minimum atomic E-state index is -0.613. The first-order valence-corrected chi connectivity index (χ1v) is 4.93. The van der Waals surface area contributed by atoms with Gasteiger partial charge in [0, 0.05) is 7.05 Å². The summed E-state index contributed by atoms with van der Waals surface area (Å²) in [7, 11) is 1.53. The van der Waals surface area contributed by atoms with E-state index in [4.69, 9.17) is 5.73 Å². The van der Waals surface area contributed by atoms with E-state index in [0.29, 0.717) is 11.3 Å². The van der Waals surface area contributed by atoms with E-state index in [1.807, 2.05) is 0 Å². The number of para-hydroxylation sites is 1. The maximum Gasteiger partial charge on any atom is 0.253 e. The lowest BCUT2D eigenvalue weighted by atomic mass is 10.1. The van der Waals surface area contributed by atoms with Gasteiger partial charge in [-0.05, 0) is 19.1 Å². The average molecular weight is 221 g/mol. The molecule has 0 spiro atoms. The van der Waals surface area contributed by atoms with Crippen molar-refractivity contribution in [3.05, 3.63) is 29.8 Å². The van der Waals surface area contributed by atoms with E-state index in [2.05, 4.69) is 10.6 Å². The highest BCUT2D eigenvalue weighted by Gasteiger charge is 2.13. The van der Waals surface area contributed by atoms with Gasteiger partial charge in [-0.2, -0.15) is 0 Å². The lowest BCUT2D eigenvalue weighted by Gasteiger charge is -2.11. The van der Waals surface area contributed by atoms with Crippen LogP contribution in [0.2, 0.25) is 0 Å². The van der Waals surface area contributed by atoms with Crippen LogP contribution in [0.3, 0.4) is 0 Å². The molecule has 0 aliphatic heterocycles. The van der Waals surface area contributed by atoms with E-state index in [9.17, 15) is 9.59 Å². The molecular weight excluding hydrogens is 206 g/mol. The predicted octanol–water partition coefficient (Wildman–Crippen LogP) is 0.332. The Morgan fingerprint density at radius 1 is 1.31 bits per heavy atom. The standard InChI is InChI=1S/C11H15N3O2/c1-7(12)10(15)14-9-6-4-3-5-8(9)11(16)13-2/h3-7H,12H2,1-2H3,(H,13,16)(H,14,15)/t7-/m1/s1. The first-order chi connectivity index (χ1) is 7.56. The molecule has 0 saturated carbocycles. The quantitative estimate of drug-likeness (QED) is 0.687. The molecule has 0 heterocycles. The van der Waals surface area contributed by atoms with Crippen molar-refractivity contribution >= 4 is 17.5 Å². The van der Waals surface area contributed by atoms with Crippen LogP contribution in [0.5, 0.6) is 0 Å². The van der Waals surface area contributed by atoms with Crippen molar-refractivity contribution in [3.63, 3.8) is 0 Å². The monoisotopic (exact) mass is 221 g/mol. The van der Waals surface area contributed by atoms with E-state index in [1.165, 1.54) is 7.05 Å².